The van der Waals surface area contributed by atoms with E-state index in [0.29, 0.717) is 28.6 Å². The van der Waals surface area contributed by atoms with Gasteiger partial charge in [-0.15, -0.1) is 11.3 Å². The first-order valence-electron chi connectivity index (χ1n) is 6.62. The second-order valence-electron chi connectivity index (χ2n) is 4.75. The highest BCUT2D eigenvalue weighted by molar-refractivity contribution is 7.16. The van der Waals surface area contributed by atoms with Crippen molar-refractivity contribution in [3.63, 3.8) is 0 Å². The van der Waals surface area contributed by atoms with Crippen LogP contribution >= 0.6 is 11.3 Å². The molecule has 1 amide bonds. The van der Waals surface area contributed by atoms with Gasteiger partial charge in [0.15, 0.2) is 0 Å². The number of aromatic nitrogens is 3. The monoisotopic (exact) mass is 314 g/mol. The van der Waals surface area contributed by atoms with Crippen LogP contribution in [0.25, 0.3) is 10.2 Å². The Kier molecular flexibility index (Phi) is 3.72. The highest BCUT2D eigenvalue weighted by Crippen LogP contribution is 2.22. The zero-order valence-corrected chi connectivity index (χ0v) is 13.2. The molecule has 2 heterocycles. The zero-order chi connectivity index (χ0) is 15.7. The van der Waals surface area contributed by atoms with Gasteiger partial charge in [-0.1, -0.05) is 0 Å². The number of carbonyl (C=O) groups excluding carboxylic acids is 1. The predicted octanol–water partition coefficient (Wildman–Crippen LogP) is 2.96. The van der Waals surface area contributed by atoms with Gasteiger partial charge in [-0.2, -0.15) is 9.97 Å². The molecule has 0 aliphatic rings. The van der Waals surface area contributed by atoms with E-state index in [4.69, 9.17) is 4.74 Å². The van der Waals surface area contributed by atoms with Gasteiger partial charge in [0.2, 0.25) is 0 Å². The zero-order valence-electron chi connectivity index (χ0n) is 12.4. The normalized spacial score (nSPS) is 10.7. The molecular weight excluding hydrogens is 300 g/mol. The molecule has 0 atom stereocenters. The van der Waals surface area contributed by atoms with Crippen molar-refractivity contribution in [3.05, 3.63) is 40.7 Å². The smallest absolute Gasteiger partial charge is 0.316 e. The number of anilines is 1. The van der Waals surface area contributed by atoms with E-state index < -0.39 is 0 Å². The van der Waals surface area contributed by atoms with Crippen LogP contribution in [0.3, 0.4) is 0 Å². The molecule has 1 aromatic carbocycles. The number of methoxy groups -OCH3 is 1. The molecule has 7 heteroatoms. The van der Waals surface area contributed by atoms with Crippen LogP contribution in [0.2, 0.25) is 0 Å². The summed E-state index contributed by atoms with van der Waals surface area (Å²) >= 11 is 1.50. The van der Waals surface area contributed by atoms with Crippen molar-refractivity contribution in [1.82, 2.24) is 15.0 Å². The number of nitrogens with zero attached hydrogens (tertiary/aromatic N) is 3. The fraction of sp³-hybridized carbons (Fsp3) is 0.200. The Morgan fingerprint density at radius 1 is 1.23 bits per heavy atom. The van der Waals surface area contributed by atoms with E-state index in [1.807, 2.05) is 12.1 Å². The third-order valence-electron chi connectivity index (χ3n) is 3.26. The molecule has 0 radical (unpaired) electrons. The Bertz CT molecular complexity index is 837. The number of hydrogen-bond acceptors (Lipinski definition) is 6. The van der Waals surface area contributed by atoms with Crippen LogP contribution in [0, 0.1) is 13.8 Å². The van der Waals surface area contributed by atoms with E-state index in [9.17, 15) is 4.79 Å². The number of ether oxygens (including phenoxy) is 1. The third kappa shape index (κ3) is 2.62. The van der Waals surface area contributed by atoms with Gasteiger partial charge in [0.25, 0.3) is 5.91 Å². The van der Waals surface area contributed by atoms with Gasteiger partial charge in [0.05, 0.1) is 39.9 Å². The Morgan fingerprint density at radius 3 is 2.64 bits per heavy atom. The molecule has 0 spiro atoms. The van der Waals surface area contributed by atoms with Gasteiger partial charge in [0, 0.05) is 5.56 Å². The van der Waals surface area contributed by atoms with Gasteiger partial charge in [0.1, 0.15) is 0 Å². The second-order valence-corrected chi connectivity index (χ2v) is 5.63. The van der Waals surface area contributed by atoms with Gasteiger partial charge >= 0.3 is 6.01 Å². The fourth-order valence-electron chi connectivity index (χ4n) is 2.14. The molecule has 112 valence electrons. The van der Waals surface area contributed by atoms with E-state index in [1.165, 1.54) is 18.4 Å². The summed E-state index contributed by atoms with van der Waals surface area (Å²) in [5.74, 6) is -0.199. The number of fused-ring (bicyclic) bond motifs is 1. The minimum absolute atomic E-state index is 0.199. The Balaban J connectivity index is 1.90. The molecule has 3 aromatic rings. The largest absolute Gasteiger partial charge is 0.467 e. The number of benzene rings is 1. The van der Waals surface area contributed by atoms with E-state index in [-0.39, 0.29) is 5.91 Å². The quantitative estimate of drug-likeness (QED) is 0.804. The Labute approximate surface area is 131 Å². The van der Waals surface area contributed by atoms with Gasteiger partial charge in [-0.05, 0) is 32.0 Å². The lowest BCUT2D eigenvalue weighted by Gasteiger charge is -2.11. The average Bonchev–Trinajstić information content (AvgIpc) is 2.97. The molecular formula is C15H14N4O2S. The molecule has 1 N–H and O–H groups in total. The number of aryl methyl sites for hydroxylation is 2. The summed E-state index contributed by atoms with van der Waals surface area (Å²) in [6, 6.07) is 5.72. The second kappa shape index (κ2) is 5.69. The summed E-state index contributed by atoms with van der Waals surface area (Å²) in [6.45, 7) is 3.61. The SMILES string of the molecule is COc1nc(C)c(NC(=O)c2ccc3ncsc3c2)c(C)n1. The van der Waals surface area contributed by atoms with Crippen LogP contribution < -0.4 is 10.1 Å². The first-order chi connectivity index (χ1) is 10.6. The molecule has 0 saturated carbocycles. The number of thiazole rings is 1. The maximum absolute atomic E-state index is 12.4. The lowest BCUT2D eigenvalue weighted by Crippen LogP contribution is -2.15. The van der Waals surface area contributed by atoms with E-state index in [2.05, 4.69) is 20.3 Å². The summed E-state index contributed by atoms with van der Waals surface area (Å²) in [7, 11) is 1.51. The first-order valence-corrected chi connectivity index (χ1v) is 7.50. The van der Waals surface area contributed by atoms with E-state index in [0.717, 1.165) is 10.2 Å². The molecule has 22 heavy (non-hydrogen) atoms. The van der Waals surface area contributed by atoms with Crippen LogP contribution in [0.15, 0.2) is 23.7 Å². The summed E-state index contributed by atoms with van der Waals surface area (Å²) in [5, 5.41) is 2.87. The third-order valence-corrected chi connectivity index (χ3v) is 4.06. The molecule has 0 aliphatic heterocycles. The minimum Gasteiger partial charge on any atom is -0.467 e. The summed E-state index contributed by atoms with van der Waals surface area (Å²) in [4.78, 5) is 25.0. The number of amides is 1. The number of nitrogens with one attached hydrogen (secondary N) is 1. The fourth-order valence-corrected chi connectivity index (χ4v) is 2.86. The first kappa shape index (κ1) is 14.4. The summed E-state index contributed by atoms with van der Waals surface area (Å²) < 4.78 is 6.00. The van der Waals surface area contributed by atoms with Crippen LogP contribution in [0.4, 0.5) is 5.69 Å². The highest BCUT2D eigenvalue weighted by atomic mass is 32.1. The lowest BCUT2D eigenvalue weighted by atomic mass is 10.2. The molecule has 6 nitrogen and oxygen atoms in total. The topological polar surface area (TPSA) is 77.0 Å². The molecule has 3 rings (SSSR count). The van der Waals surface area contributed by atoms with Crippen LogP contribution in [0.5, 0.6) is 6.01 Å². The van der Waals surface area contributed by atoms with Crippen molar-refractivity contribution in [1.29, 1.82) is 0 Å². The van der Waals surface area contributed by atoms with Crippen LogP contribution in [0.1, 0.15) is 21.7 Å². The van der Waals surface area contributed by atoms with Gasteiger partial charge < -0.3 is 10.1 Å². The van der Waals surface area contributed by atoms with E-state index >= 15 is 0 Å². The highest BCUT2D eigenvalue weighted by Gasteiger charge is 2.14. The predicted molar refractivity (Wildman–Crippen MR) is 85.6 cm³/mol. The summed E-state index contributed by atoms with van der Waals surface area (Å²) in [6.07, 6.45) is 0. The van der Waals surface area contributed by atoms with Gasteiger partial charge in [-0.25, -0.2) is 4.98 Å². The maximum atomic E-state index is 12.4. The molecule has 0 fully saturated rings. The molecule has 0 unspecified atom stereocenters. The summed E-state index contributed by atoms with van der Waals surface area (Å²) in [5.41, 5.74) is 5.16. The van der Waals surface area contributed by atoms with Crippen molar-refractivity contribution in [3.8, 4) is 6.01 Å². The number of rotatable bonds is 3. The lowest BCUT2D eigenvalue weighted by molar-refractivity contribution is 0.102. The maximum Gasteiger partial charge on any atom is 0.316 e. The van der Waals surface area contributed by atoms with Crippen molar-refractivity contribution >= 4 is 33.1 Å². The van der Waals surface area contributed by atoms with Crippen molar-refractivity contribution in [2.24, 2.45) is 0 Å². The molecule has 0 saturated heterocycles. The van der Waals surface area contributed by atoms with Crippen LogP contribution in [-0.2, 0) is 0 Å². The van der Waals surface area contributed by atoms with Crippen molar-refractivity contribution < 1.29 is 9.53 Å². The van der Waals surface area contributed by atoms with E-state index in [1.54, 1.807) is 25.4 Å². The number of carbonyl (C=O) groups is 1. The molecule has 0 aliphatic carbocycles. The Hall–Kier alpha value is -2.54. The average molecular weight is 314 g/mol. The Morgan fingerprint density at radius 2 is 1.95 bits per heavy atom. The van der Waals surface area contributed by atoms with Crippen molar-refractivity contribution in [2.45, 2.75) is 13.8 Å². The molecule has 2 aromatic heterocycles. The standard InChI is InChI=1S/C15H14N4O2S/c1-8-13(9(2)18-15(17-8)21-3)19-14(20)10-4-5-11-12(6-10)22-7-16-11/h4-7H,1-3H3,(H,19,20). The van der Waals surface area contributed by atoms with Crippen LogP contribution in [-0.4, -0.2) is 28.0 Å². The minimum atomic E-state index is -0.199. The van der Waals surface area contributed by atoms with Crippen molar-refractivity contribution in [2.75, 3.05) is 12.4 Å². The number of hydrogen-bond donors (Lipinski definition) is 1. The van der Waals surface area contributed by atoms with Gasteiger partial charge in [-0.3, -0.25) is 4.79 Å². The molecule has 0 bridgehead atoms.